The second kappa shape index (κ2) is 4.98. The Morgan fingerprint density at radius 1 is 1.21 bits per heavy atom. The van der Waals surface area contributed by atoms with Gasteiger partial charge in [0.1, 0.15) is 0 Å². The first-order valence-electron chi connectivity index (χ1n) is 7.75. The SMILES string of the molecule is CCC(C)[C]1([Hf]([CH3])[CH3])C=Cc2cc3c(cc21)CCC3. The average molecular weight is 420 g/mol. The Morgan fingerprint density at radius 3 is 2.53 bits per heavy atom. The summed E-state index contributed by atoms with van der Waals surface area (Å²) in [6.45, 7) is 4.84. The molecule has 0 bridgehead atoms. The molecular formula is C18H25Hf. The Morgan fingerprint density at radius 2 is 1.89 bits per heavy atom. The van der Waals surface area contributed by atoms with E-state index in [-0.39, 0.29) is 0 Å². The van der Waals surface area contributed by atoms with Crippen LogP contribution in [-0.4, -0.2) is 0 Å². The van der Waals surface area contributed by atoms with E-state index in [0.29, 0.717) is 3.17 Å². The van der Waals surface area contributed by atoms with Gasteiger partial charge in [0.05, 0.1) is 0 Å². The Labute approximate surface area is 125 Å². The van der Waals surface area contributed by atoms with Gasteiger partial charge in [0, 0.05) is 0 Å². The molecule has 2 atom stereocenters. The monoisotopic (exact) mass is 421 g/mol. The summed E-state index contributed by atoms with van der Waals surface area (Å²) < 4.78 is 5.68. The average Bonchev–Trinajstić information content (AvgIpc) is 2.99. The van der Waals surface area contributed by atoms with Crippen molar-refractivity contribution in [3.63, 3.8) is 0 Å². The molecule has 2 aliphatic carbocycles. The van der Waals surface area contributed by atoms with Gasteiger partial charge in [-0.1, -0.05) is 0 Å². The van der Waals surface area contributed by atoms with Crippen LogP contribution in [0.4, 0.5) is 0 Å². The van der Waals surface area contributed by atoms with E-state index < -0.39 is 21.4 Å². The Kier molecular flexibility index (Phi) is 3.62. The first kappa shape index (κ1) is 13.8. The number of hydrogen-bond acceptors (Lipinski definition) is 0. The molecule has 2 aliphatic rings. The summed E-state index contributed by atoms with van der Waals surface area (Å²) in [5.74, 6) is 0.807. The molecule has 2 unspecified atom stereocenters. The van der Waals surface area contributed by atoms with Gasteiger partial charge in [0.2, 0.25) is 0 Å². The number of rotatable bonds is 3. The van der Waals surface area contributed by atoms with Gasteiger partial charge in [-0.25, -0.2) is 0 Å². The molecule has 0 amide bonds. The minimum absolute atomic E-state index is 0.479. The molecular weight excluding hydrogens is 395 g/mol. The zero-order valence-electron chi connectivity index (χ0n) is 12.7. The van der Waals surface area contributed by atoms with Gasteiger partial charge < -0.3 is 0 Å². The van der Waals surface area contributed by atoms with Gasteiger partial charge >= 0.3 is 126 Å². The third-order valence-electron chi connectivity index (χ3n) is 5.45. The van der Waals surface area contributed by atoms with Crippen LogP contribution in [0.15, 0.2) is 18.2 Å². The first-order valence-corrected chi connectivity index (χ1v) is 16.7. The van der Waals surface area contributed by atoms with Crippen molar-refractivity contribution in [2.75, 3.05) is 0 Å². The number of aryl methyl sites for hydroxylation is 2. The van der Waals surface area contributed by atoms with Crippen molar-refractivity contribution in [3.8, 4) is 0 Å². The number of hydrogen-bond donors (Lipinski definition) is 0. The molecule has 1 aromatic rings. The van der Waals surface area contributed by atoms with Gasteiger partial charge in [0.25, 0.3) is 0 Å². The molecule has 0 spiro atoms. The van der Waals surface area contributed by atoms with E-state index in [4.69, 9.17) is 0 Å². The molecule has 0 saturated heterocycles. The van der Waals surface area contributed by atoms with Crippen molar-refractivity contribution >= 4 is 6.08 Å². The molecule has 1 aromatic carbocycles. The van der Waals surface area contributed by atoms with Gasteiger partial charge in [-0.3, -0.25) is 0 Å². The summed E-state index contributed by atoms with van der Waals surface area (Å²) in [5, 5.41) is 0. The molecule has 0 aliphatic heterocycles. The summed E-state index contributed by atoms with van der Waals surface area (Å²) in [6.07, 6.45) is 10.3. The second-order valence-corrected chi connectivity index (χ2v) is 16.7. The fourth-order valence-corrected chi connectivity index (χ4v) is 12.6. The molecule has 3 rings (SSSR count). The Bertz CT molecular complexity index is 527. The van der Waals surface area contributed by atoms with Crippen LogP contribution < -0.4 is 0 Å². The van der Waals surface area contributed by atoms with E-state index in [1.165, 1.54) is 25.7 Å². The van der Waals surface area contributed by atoms with Crippen LogP contribution in [0, 0.1) is 5.92 Å². The molecule has 1 heteroatoms. The third kappa shape index (κ3) is 1.95. The van der Waals surface area contributed by atoms with E-state index in [1.54, 1.807) is 22.3 Å². The maximum absolute atomic E-state index is 2.60. The fourth-order valence-electron chi connectivity index (χ4n) is 4.13. The molecule has 101 valence electrons. The Balaban J connectivity index is 2.16. The fraction of sp³-hybridized carbons (Fsp3) is 0.556. The van der Waals surface area contributed by atoms with Crippen molar-refractivity contribution in [2.45, 2.75) is 52.1 Å². The molecule has 0 fully saturated rings. The first-order chi connectivity index (χ1) is 9.09. The van der Waals surface area contributed by atoms with Crippen LogP contribution in [-0.2, 0) is 37.5 Å². The molecule has 0 aromatic heterocycles. The summed E-state index contributed by atoms with van der Waals surface area (Å²) in [7, 11) is 0. The van der Waals surface area contributed by atoms with Crippen molar-refractivity contribution in [1.82, 2.24) is 0 Å². The molecule has 19 heavy (non-hydrogen) atoms. The van der Waals surface area contributed by atoms with E-state index in [0.717, 1.165) is 5.92 Å². The molecule has 0 heterocycles. The van der Waals surface area contributed by atoms with Gasteiger partial charge in [-0.2, -0.15) is 0 Å². The van der Waals surface area contributed by atoms with Crippen LogP contribution >= 0.6 is 0 Å². The van der Waals surface area contributed by atoms with E-state index >= 15 is 0 Å². The van der Waals surface area contributed by atoms with Crippen molar-refractivity contribution in [1.29, 1.82) is 0 Å². The van der Waals surface area contributed by atoms with E-state index in [2.05, 4.69) is 47.5 Å². The number of allylic oxidation sites excluding steroid dienone is 1. The van der Waals surface area contributed by atoms with Crippen LogP contribution in [0.1, 0.15) is 48.9 Å². The van der Waals surface area contributed by atoms with Crippen LogP contribution in [0.5, 0.6) is 0 Å². The predicted octanol–water partition coefficient (Wildman–Crippen LogP) is 5.16. The summed E-state index contributed by atoms with van der Waals surface area (Å²) in [5.41, 5.74) is 6.53. The molecule has 0 radical (unpaired) electrons. The zero-order valence-corrected chi connectivity index (χ0v) is 16.3. The summed E-state index contributed by atoms with van der Waals surface area (Å²) in [4.78, 5) is 0. The van der Waals surface area contributed by atoms with Gasteiger partial charge in [-0.05, 0) is 0 Å². The molecule has 0 saturated carbocycles. The quantitative estimate of drug-likeness (QED) is 0.594. The van der Waals surface area contributed by atoms with Crippen LogP contribution in [0.25, 0.3) is 6.08 Å². The number of benzene rings is 1. The maximum atomic E-state index is 2.60. The zero-order chi connectivity index (χ0) is 13.6. The van der Waals surface area contributed by atoms with Crippen LogP contribution in [0.2, 0.25) is 9.36 Å². The summed E-state index contributed by atoms with van der Waals surface area (Å²) in [6, 6.07) is 5.11. The normalized spacial score (nSPS) is 25.3. The van der Waals surface area contributed by atoms with Gasteiger partial charge in [0.15, 0.2) is 0 Å². The predicted molar refractivity (Wildman–Crippen MR) is 80.4 cm³/mol. The standard InChI is InChI=1S/C16H19.2CH3.Hf/c1-3-11(2)15-8-7-14-9-12-5-4-6-13(12)10-16(14)15;;;/h7-11H,3-6H2,1-2H3;2*1H3;. The minimum atomic E-state index is -1.56. The van der Waals surface area contributed by atoms with Crippen molar-refractivity contribution in [2.24, 2.45) is 5.92 Å². The van der Waals surface area contributed by atoms with Crippen molar-refractivity contribution < 1.29 is 21.4 Å². The van der Waals surface area contributed by atoms with Crippen molar-refractivity contribution in [3.05, 3.63) is 40.5 Å². The topological polar surface area (TPSA) is 0 Å². The number of fused-ring (bicyclic) bond motifs is 2. The van der Waals surface area contributed by atoms with Gasteiger partial charge in [-0.15, -0.1) is 0 Å². The van der Waals surface area contributed by atoms with Crippen LogP contribution in [0.3, 0.4) is 0 Å². The summed E-state index contributed by atoms with van der Waals surface area (Å²) >= 11 is -1.56. The third-order valence-corrected chi connectivity index (χ3v) is 14.7. The molecule has 0 nitrogen and oxygen atoms in total. The van der Waals surface area contributed by atoms with E-state index in [9.17, 15) is 0 Å². The second-order valence-electron chi connectivity index (χ2n) is 6.57. The van der Waals surface area contributed by atoms with E-state index in [1.807, 2.05) is 0 Å². The Hall–Kier alpha value is -0.170. The molecule has 0 N–H and O–H groups in total.